The normalized spacial score (nSPS) is 20.8. The van der Waals surface area contributed by atoms with E-state index in [0.717, 1.165) is 12.8 Å². The third-order valence-corrected chi connectivity index (χ3v) is 5.32. The average Bonchev–Trinajstić information content (AvgIpc) is 2.27. The van der Waals surface area contributed by atoms with E-state index in [4.69, 9.17) is 0 Å². The Morgan fingerprint density at radius 2 is 1.62 bits per heavy atom. The fourth-order valence-electron chi connectivity index (χ4n) is 1.85. The highest BCUT2D eigenvalue weighted by atomic mass is 32.2. The second kappa shape index (κ2) is 4.73. The quantitative estimate of drug-likeness (QED) is 0.749. The standard InChI is InChI=1S/C11H21NO3S/c1-4-11(3,5-2)10(13)12-6-8-16(14,15)9-7-12/h4-9H2,1-3H3. The van der Waals surface area contributed by atoms with Crippen molar-refractivity contribution in [2.45, 2.75) is 33.6 Å². The number of sulfone groups is 1. The first-order valence-corrected chi connectivity index (χ1v) is 7.66. The van der Waals surface area contributed by atoms with Crippen molar-refractivity contribution < 1.29 is 13.2 Å². The molecule has 0 N–H and O–H groups in total. The van der Waals surface area contributed by atoms with Crippen LogP contribution in [0.25, 0.3) is 0 Å². The van der Waals surface area contributed by atoms with Gasteiger partial charge in [-0.1, -0.05) is 20.8 Å². The van der Waals surface area contributed by atoms with Gasteiger partial charge in [0.2, 0.25) is 5.91 Å². The molecule has 0 aromatic carbocycles. The van der Waals surface area contributed by atoms with Crippen molar-refractivity contribution in [2.24, 2.45) is 5.41 Å². The first-order valence-electron chi connectivity index (χ1n) is 5.84. The van der Waals surface area contributed by atoms with E-state index >= 15 is 0 Å². The van der Waals surface area contributed by atoms with Gasteiger partial charge in [-0.2, -0.15) is 0 Å². The van der Waals surface area contributed by atoms with Crippen molar-refractivity contribution in [1.82, 2.24) is 4.90 Å². The van der Waals surface area contributed by atoms with Crippen LogP contribution in [0.4, 0.5) is 0 Å². The van der Waals surface area contributed by atoms with Crippen LogP contribution in [0.5, 0.6) is 0 Å². The molecular weight excluding hydrogens is 226 g/mol. The molecule has 1 aliphatic rings. The Balaban J connectivity index is 2.70. The van der Waals surface area contributed by atoms with Gasteiger partial charge in [0, 0.05) is 18.5 Å². The van der Waals surface area contributed by atoms with Crippen LogP contribution in [0, 0.1) is 5.41 Å². The first kappa shape index (κ1) is 13.5. The second-order valence-corrected chi connectivity index (χ2v) is 7.02. The predicted octanol–water partition coefficient (Wildman–Crippen LogP) is 1.07. The van der Waals surface area contributed by atoms with Crippen molar-refractivity contribution in [3.63, 3.8) is 0 Å². The number of carbonyl (C=O) groups is 1. The van der Waals surface area contributed by atoms with Gasteiger partial charge in [0.15, 0.2) is 9.84 Å². The zero-order valence-corrected chi connectivity index (χ0v) is 11.1. The Morgan fingerprint density at radius 3 is 2.00 bits per heavy atom. The van der Waals surface area contributed by atoms with Crippen LogP contribution in [0.15, 0.2) is 0 Å². The Bertz CT molecular complexity index is 343. The first-order chi connectivity index (χ1) is 7.34. The van der Waals surface area contributed by atoms with Crippen molar-refractivity contribution in [2.75, 3.05) is 24.6 Å². The van der Waals surface area contributed by atoms with Gasteiger partial charge in [0.1, 0.15) is 0 Å². The highest BCUT2D eigenvalue weighted by Gasteiger charge is 2.35. The summed E-state index contributed by atoms with van der Waals surface area (Å²) in [5, 5.41) is 0. The molecule has 0 spiro atoms. The molecule has 1 heterocycles. The van der Waals surface area contributed by atoms with Gasteiger partial charge in [-0.15, -0.1) is 0 Å². The summed E-state index contributed by atoms with van der Waals surface area (Å²) < 4.78 is 22.5. The molecule has 0 aromatic heterocycles. The molecule has 1 fully saturated rings. The lowest BCUT2D eigenvalue weighted by atomic mass is 9.83. The van der Waals surface area contributed by atoms with Gasteiger partial charge in [0.05, 0.1) is 11.5 Å². The van der Waals surface area contributed by atoms with Crippen LogP contribution in [0.2, 0.25) is 0 Å². The van der Waals surface area contributed by atoms with Crippen LogP contribution in [-0.2, 0) is 14.6 Å². The van der Waals surface area contributed by atoms with Crippen molar-refractivity contribution in [3.05, 3.63) is 0 Å². The van der Waals surface area contributed by atoms with Crippen LogP contribution in [-0.4, -0.2) is 43.8 Å². The van der Waals surface area contributed by atoms with E-state index in [9.17, 15) is 13.2 Å². The molecule has 0 saturated carbocycles. The summed E-state index contributed by atoms with van der Waals surface area (Å²) in [5.41, 5.74) is -0.332. The zero-order valence-electron chi connectivity index (χ0n) is 10.3. The van der Waals surface area contributed by atoms with E-state index in [1.807, 2.05) is 20.8 Å². The minimum atomic E-state index is -2.90. The molecular formula is C11H21NO3S. The summed E-state index contributed by atoms with van der Waals surface area (Å²) in [4.78, 5) is 13.9. The Labute approximate surface area is 97.9 Å². The van der Waals surface area contributed by atoms with Gasteiger partial charge in [-0.05, 0) is 12.8 Å². The maximum absolute atomic E-state index is 12.2. The molecule has 5 heteroatoms. The third kappa shape index (κ3) is 2.75. The van der Waals surface area contributed by atoms with Crippen LogP contribution in [0.1, 0.15) is 33.6 Å². The summed E-state index contributed by atoms with van der Waals surface area (Å²) in [6, 6.07) is 0. The predicted molar refractivity (Wildman–Crippen MR) is 63.9 cm³/mol. The molecule has 94 valence electrons. The summed E-state index contributed by atoms with van der Waals surface area (Å²) in [5.74, 6) is 0.331. The highest BCUT2D eigenvalue weighted by molar-refractivity contribution is 7.91. The van der Waals surface area contributed by atoms with E-state index in [-0.39, 0.29) is 22.8 Å². The lowest BCUT2D eigenvalue weighted by Crippen LogP contribution is -2.49. The number of amides is 1. The molecule has 0 radical (unpaired) electrons. The molecule has 4 nitrogen and oxygen atoms in total. The molecule has 1 amide bonds. The third-order valence-electron chi connectivity index (χ3n) is 3.71. The van der Waals surface area contributed by atoms with Crippen LogP contribution >= 0.6 is 0 Å². The van der Waals surface area contributed by atoms with E-state index in [1.165, 1.54) is 0 Å². The monoisotopic (exact) mass is 247 g/mol. The Kier molecular flexibility index (Phi) is 3.99. The molecule has 0 aromatic rings. The maximum Gasteiger partial charge on any atom is 0.228 e. The zero-order chi connectivity index (χ0) is 12.4. The van der Waals surface area contributed by atoms with Gasteiger partial charge in [0.25, 0.3) is 0 Å². The molecule has 0 atom stereocenters. The van der Waals surface area contributed by atoms with Crippen LogP contribution in [0.3, 0.4) is 0 Å². The van der Waals surface area contributed by atoms with Crippen LogP contribution < -0.4 is 0 Å². The van der Waals surface area contributed by atoms with E-state index < -0.39 is 9.84 Å². The summed E-state index contributed by atoms with van der Waals surface area (Å²) >= 11 is 0. The topological polar surface area (TPSA) is 54.5 Å². The minimum Gasteiger partial charge on any atom is -0.340 e. The Hall–Kier alpha value is -0.580. The summed E-state index contributed by atoms with van der Waals surface area (Å²) in [7, 11) is -2.90. The fraction of sp³-hybridized carbons (Fsp3) is 0.909. The molecule has 16 heavy (non-hydrogen) atoms. The van der Waals surface area contributed by atoms with Crippen molar-refractivity contribution in [3.8, 4) is 0 Å². The Morgan fingerprint density at radius 1 is 1.19 bits per heavy atom. The maximum atomic E-state index is 12.2. The minimum absolute atomic E-state index is 0.104. The summed E-state index contributed by atoms with van der Waals surface area (Å²) in [6.07, 6.45) is 1.59. The van der Waals surface area contributed by atoms with Gasteiger partial charge in [-0.3, -0.25) is 4.79 Å². The van der Waals surface area contributed by atoms with Gasteiger partial charge in [-0.25, -0.2) is 8.42 Å². The number of nitrogens with zero attached hydrogens (tertiary/aromatic N) is 1. The number of rotatable bonds is 3. The molecule has 0 unspecified atom stereocenters. The SMILES string of the molecule is CCC(C)(CC)C(=O)N1CCS(=O)(=O)CC1. The van der Waals surface area contributed by atoms with E-state index in [1.54, 1.807) is 4.90 Å². The second-order valence-electron chi connectivity index (χ2n) is 4.71. The number of carbonyl (C=O) groups excluding carboxylic acids is 1. The number of hydrogen-bond acceptors (Lipinski definition) is 3. The lowest BCUT2D eigenvalue weighted by molar-refractivity contribution is -0.141. The average molecular weight is 247 g/mol. The van der Waals surface area contributed by atoms with E-state index in [0.29, 0.717) is 13.1 Å². The van der Waals surface area contributed by atoms with Crippen molar-refractivity contribution >= 4 is 15.7 Å². The molecule has 0 aliphatic carbocycles. The fourth-order valence-corrected chi connectivity index (χ4v) is 3.05. The summed E-state index contributed by atoms with van der Waals surface area (Å²) in [6.45, 7) is 6.68. The van der Waals surface area contributed by atoms with Gasteiger partial charge < -0.3 is 4.90 Å². The molecule has 1 rings (SSSR count). The van der Waals surface area contributed by atoms with Gasteiger partial charge >= 0.3 is 0 Å². The molecule has 0 bridgehead atoms. The highest BCUT2D eigenvalue weighted by Crippen LogP contribution is 2.28. The smallest absolute Gasteiger partial charge is 0.228 e. The number of hydrogen-bond donors (Lipinski definition) is 0. The largest absolute Gasteiger partial charge is 0.340 e. The lowest BCUT2D eigenvalue weighted by Gasteiger charge is -2.35. The molecule has 1 aliphatic heterocycles. The molecule has 1 saturated heterocycles. The van der Waals surface area contributed by atoms with E-state index in [2.05, 4.69) is 0 Å². The van der Waals surface area contributed by atoms with Crippen molar-refractivity contribution in [1.29, 1.82) is 0 Å².